The van der Waals surface area contributed by atoms with E-state index in [4.69, 9.17) is 11.5 Å². The summed E-state index contributed by atoms with van der Waals surface area (Å²) in [4.78, 5) is 5.11. The lowest BCUT2D eigenvalue weighted by Gasteiger charge is -2.37. The van der Waals surface area contributed by atoms with Gasteiger partial charge in [0.05, 0.1) is 0 Å². The first-order valence-corrected chi connectivity index (χ1v) is 16.9. The maximum absolute atomic E-state index is 5.94. The van der Waals surface area contributed by atoms with E-state index in [9.17, 15) is 0 Å². The first-order chi connectivity index (χ1) is 20.6. The average molecular weight is 648 g/mol. The molecule has 0 radical (unpaired) electrons. The molecular formula is C34H56Cl2N8. The number of benzene rings is 2. The Balaban J connectivity index is 0.00000221. The van der Waals surface area contributed by atoms with Crippen LogP contribution in [0, 0.1) is 0 Å². The third kappa shape index (κ3) is 8.86. The highest BCUT2D eigenvalue weighted by molar-refractivity contribution is 5.85. The van der Waals surface area contributed by atoms with E-state index < -0.39 is 0 Å². The van der Waals surface area contributed by atoms with Crippen LogP contribution < -0.4 is 21.3 Å². The molecule has 4 heterocycles. The lowest BCUT2D eigenvalue weighted by Crippen LogP contribution is -2.49. The Bertz CT molecular complexity index is 1000. The minimum absolute atomic E-state index is 0. The molecule has 4 aliphatic rings. The third-order valence-corrected chi connectivity index (χ3v) is 10.1. The molecule has 2 aromatic carbocycles. The lowest BCUT2D eigenvalue weighted by molar-refractivity contribution is -0.0400. The van der Waals surface area contributed by atoms with E-state index in [-0.39, 0.29) is 24.8 Å². The summed E-state index contributed by atoms with van der Waals surface area (Å²) in [6, 6.07) is 18.1. The maximum atomic E-state index is 5.94. The normalized spacial score (nSPS) is 22.7. The number of nitrogen functional groups attached to an aromatic ring is 2. The second-order valence-corrected chi connectivity index (χ2v) is 13.0. The molecule has 6 rings (SSSR count). The molecule has 2 unspecified atom stereocenters. The van der Waals surface area contributed by atoms with E-state index in [1.54, 1.807) is 0 Å². The van der Waals surface area contributed by atoms with Gasteiger partial charge in [0, 0.05) is 100 Å². The maximum Gasteiger partial charge on any atom is 0.0438 e. The molecule has 4 fully saturated rings. The molecule has 0 spiro atoms. The van der Waals surface area contributed by atoms with E-state index in [0.717, 1.165) is 37.6 Å². The minimum atomic E-state index is 0. The number of rotatable bonds is 13. The zero-order valence-electron chi connectivity index (χ0n) is 26.6. The summed E-state index contributed by atoms with van der Waals surface area (Å²) >= 11 is 0. The molecule has 8 nitrogen and oxygen atoms in total. The number of unbranched alkanes of at least 4 members (excludes halogenated alkanes) is 3. The summed E-state index contributed by atoms with van der Waals surface area (Å²) in [6.07, 6.45) is 13.1. The fourth-order valence-electron chi connectivity index (χ4n) is 7.74. The number of hydrogen-bond acceptors (Lipinski definition) is 8. The molecule has 44 heavy (non-hydrogen) atoms. The quantitative estimate of drug-likeness (QED) is 0.211. The second kappa shape index (κ2) is 17.1. The Morgan fingerprint density at radius 3 is 1.25 bits per heavy atom. The fourth-order valence-corrected chi connectivity index (χ4v) is 7.74. The summed E-state index contributed by atoms with van der Waals surface area (Å²) in [5.74, 6) is 0. The summed E-state index contributed by atoms with van der Waals surface area (Å²) in [6.45, 7) is 11.9. The third-order valence-electron chi connectivity index (χ3n) is 10.1. The van der Waals surface area contributed by atoms with Crippen LogP contribution in [0.3, 0.4) is 0 Å². The highest BCUT2D eigenvalue weighted by atomic mass is 35.5. The van der Waals surface area contributed by atoms with Crippen molar-refractivity contribution in [2.75, 3.05) is 86.7 Å². The molecule has 4 N–H and O–H groups in total. The van der Waals surface area contributed by atoms with Crippen molar-refractivity contribution in [3.63, 3.8) is 0 Å². The molecule has 2 aromatic rings. The van der Waals surface area contributed by atoms with E-state index >= 15 is 0 Å². The Labute approximate surface area is 278 Å². The van der Waals surface area contributed by atoms with Crippen LogP contribution in [0.4, 0.5) is 22.7 Å². The Morgan fingerprint density at radius 1 is 0.523 bits per heavy atom. The lowest BCUT2D eigenvalue weighted by atomic mass is 10.1. The van der Waals surface area contributed by atoms with Gasteiger partial charge in [-0.05, 0) is 99.9 Å². The van der Waals surface area contributed by atoms with E-state index in [2.05, 4.69) is 54.1 Å². The van der Waals surface area contributed by atoms with Crippen LogP contribution in [-0.2, 0) is 0 Å². The summed E-state index contributed by atoms with van der Waals surface area (Å²) in [7, 11) is 0. The summed E-state index contributed by atoms with van der Waals surface area (Å²) in [5, 5.41) is 10.9. The standard InChI is InChI=1S/C34H54N8.2ClH/c35-29-9-13-31(14-10-29)37-25-17-33(27-37)41(39-19-5-6-20-39)23-3-1-2-4-24-42(40-21-7-8-22-40)34-18-26-38(28-34)32-15-11-30(36)12-16-32;;/h9-16,33-34H,1-8,17-28,35-36H2;2*1H. The fraction of sp³-hybridized carbons (Fsp3) is 0.647. The van der Waals surface area contributed by atoms with Gasteiger partial charge in [0.15, 0.2) is 0 Å². The van der Waals surface area contributed by atoms with Crippen molar-refractivity contribution in [3.8, 4) is 0 Å². The molecular weight excluding hydrogens is 591 g/mol. The van der Waals surface area contributed by atoms with Gasteiger partial charge in [-0.3, -0.25) is 0 Å². The van der Waals surface area contributed by atoms with Crippen LogP contribution >= 0.6 is 24.8 Å². The molecule has 246 valence electrons. The molecule has 0 amide bonds. The van der Waals surface area contributed by atoms with Gasteiger partial charge in [0.1, 0.15) is 0 Å². The highest BCUT2D eigenvalue weighted by Crippen LogP contribution is 2.28. The van der Waals surface area contributed by atoms with Crippen LogP contribution in [0.5, 0.6) is 0 Å². The summed E-state index contributed by atoms with van der Waals surface area (Å²) in [5.41, 5.74) is 16.2. The van der Waals surface area contributed by atoms with Crippen LogP contribution in [0.1, 0.15) is 64.2 Å². The zero-order chi connectivity index (χ0) is 28.7. The van der Waals surface area contributed by atoms with Gasteiger partial charge in [0.2, 0.25) is 0 Å². The molecule has 2 atom stereocenters. The zero-order valence-corrected chi connectivity index (χ0v) is 28.2. The highest BCUT2D eigenvalue weighted by Gasteiger charge is 2.33. The smallest absolute Gasteiger partial charge is 0.0438 e. The minimum Gasteiger partial charge on any atom is -0.399 e. The Kier molecular flexibility index (Phi) is 13.6. The van der Waals surface area contributed by atoms with Crippen LogP contribution in [0.25, 0.3) is 0 Å². The molecule has 0 bridgehead atoms. The SMILES string of the molecule is Cl.Cl.Nc1ccc(N2CCC(N(CCCCCCN(C3CCN(c4ccc(N)cc4)C3)N3CCCC3)N3CCCC3)C2)cc1. The van der Waals surface area contributed by atoms with Gasteiger partial charge in [-0.15, -0.1) is 24.8 Å². The van der Waals surface area contributed by atoms with Gasteiger partial charge in [0.25, 0.3) is 0 Å². The molecule has 0 aromatic heterocycles. The van der Waals surface area contributed by atoms with Gasteiger partial charge in [-0.1, -0.05) is 12.8 Å². The molecule has 0 aliphatic carbocycles. The Hall–Kier alpha value is -1.94. The second-order valence-electron chi connectivity index (χ2n) is 13.0. The largest absolute Gasteiger partial charge is 0.399 e. The van der Waals surface area contributed by atoms with E-state index in [0.29, 0.717) is 12.1 Å². The number of nitrogens with two attached hydrogens (primary N) is 2. The topological polar surface area (TPSA) is 71.5 Å². The molecule has 4 aliphatic heterocycles. The van der Waals surface area contributed by atoms with Crippen molar-refractivity contribution < 1.29 is 0 Å². The number of anilines is 4. The first kappa shape index (κ1) is 34.9. The molecule has 0 saturated carbocycles. The van der Waals surface area contributed by atoms with Crippen LogP contribution in [0.2, 0.25) is 0 Å². The van der Waals surface area contributed by atoms with Gasteiger partial charge in [-0.2, -0.15) is 0 Å². The number of hydrogen-bond donors (Lipinski definition) is 2. The monoisotopic (exact) mass is 646 g/mol. The number of hydrazine groups is 2. The van der Waals surface area contributed by atoms with Crippen molar-refractivity contribution in [1.29, 1.82) is 0 Å². The Morgan fingerprint density at radius 2 is 0.886 bits per heavy atom. The van der Waals surface area contributed by atoms with E-state index in [1.165, 1.54) is 115 Å². The van der Waals surface area contributed by atoms with Crippen molar-refractivity contribution in [3.05, 3.63) is 48.5 Å². The van der Waals surface area contributed by atoms with Gasteiger partial charge in [-0.25, -0.2) is 20.0 Å². The predicted molar refractivity (Wildman–Crippen MR) is 191 cm³/mol. The van der Waals surface area contributed by atoms with Crippen molar-refractivity contribution in [2.45, 2.75) is 76.3 Å². The summed E-state index contributed by atoms with van der Waals surface area (Å²) < 4.78 is 0. The van der Waals surface area contributed by atoms with E-state index in [1.807, 2.05) is 24.3 Å². The van der Waals surface area contributed by atoms with Crippen molar-refractivity contribution >= 4 is 47.6 Å². The number of nitrogens with zero attached hydrogens (tertiary/aromatic N) is 6. The molecule has 10 heteroatoms. The first-order valence-electron chi connectivity index (χ1n) is 16.9. The van der Waals surface area contributed by atoms with Crippen LogP contribution in [0.15, 0.2) is 48.5 Å². The van der Waals surface area contributed by atoms with Crippen molar-refractivity contribution in [2.24, 2.45) is 0 Å². The van der Waals surface area contributed by atoms with Gasteiger partial charge >= 0.3 is 0 Å². The van der Waals surface area contributed by atoms with Crippen LogP contribution in [-0.4, -0.2) is 97.6 Å². The molecule has 4 saturated heterocycles. The predicted octanol–water partition coefficient (Wildman–Crippen LogP) is 5.74. The van der Waals surface area contributed by atoms with Gasteiger partial charge < -0.3 is 21.3 Å². The number of halogens is 2. The van der Waals surface area contributed by atoms with Crippen molar-refractivity contribution in [1.82, 2.24) is 20.0 Å². The average Bonchev–Trinajstić information content (AvgIpc) is 3.84.